The van der Waals surface area contributed by atoms with Gasteiger partial charge in [0.15, 0.2) is 11.9 Å². The van der Waals surface area contributed by atoms with E-state index in [1.807, 2.05) is 41.3 Å². The number of anilines is 2. The zero-order valence-corrected chi connectivity index (χ0v) is 22.0. The molecule has 1 fully saturated rings. The molecule has 5 N–H and O–H groups in total. The molecular formula is C29H30F3N5O3. The molecule has 5 rings (SSSR count). The number of hydrogen-bond acceptors (Lipinski definition) is 6. The van der Waals surface area contributed by atoms with Gasteiger partial charge in [0, 0.05) is 20.1 Å². The van der Waals surface area contributed by atoms with Crippen molar-refractivity contribution in [2.75, 3.05) is 30.8 Å². The molecule has 1 saturated heterocycles. The standard InChI is InChI=1S/C29H30F3N5O3/c1-17(29(30,31)32)40-24-16-19(14-22-25(24)26(33)36-35-22)18-8-9-21(27(38)34-2)23(15-18)37-12-10-28(39,11-13-37)20-6-4-3-5-7-20/h3-9,14-17,39H,10-13H2,1-2H3,(H,34,38)(H3,33,35,36)/t17-/m1/s1. The van der Waals surface area contributed by atoms with Gasteiger partial charge in [-0.2, -0.15) is 18.3 Å². The van der Waals surface area contributed by atoms with Gasteiger partial charge in [0.25, 0.3) is 5.91 Å². The lowest BCUT2D eigenvalue weighted by atomic mass is 9.84. The Bertz CT molecular complexity index is 1530. The molecule has 4 aromatic rings. The average Bonchev–Trinajstić information content (AvgIpc) is 3.33. The van der Waals surface area contributed by atoms with E-state index in [0.717, 1.165) is 12.5 Å². The highest BCUT2D eigenvalue weighted by Gasteiger charge is 2.39. The SMILES string of the molecule is CNC(=O)c1ccc(-c2cc(O[C@H](C)C(F)(F)F)c3c(N)n[nH]c3c2)cc1N1CCC(O)(c2ccccc2)CC1. The van der Waals surface area contributed by atoms with Crippen molar-refractivity contribution in [3.8, 4) is 16.9 Å². The number of ether oxygens (including phenoxy) is 1. The van der Waals surface area contributed by atoms with Crippen LogP contribution in [0.25, 0.3) is 22.0 Å². The molecule has 0 aliphatic carbocycles. The number of nitrogens with zero attached hydrogens (tertiary/aromatic N) is 2. The first-order valence-corrected chi connectivity index (χ1v) is 12.9. The number of rotatable bonds is 6. The molecule has 1 aliphatic rings. The molecule has 1 aliphatic heterocycles. The Morgan fingerprint density at radius 1 is 1.12 bits per heavy atom. The zero-order chi connectivity index (χ0) is 28.7. The van der Waals surface area contributed by atoms with Crippen LogP contribution in [0.1, 0.15) is 35.7 Å². The molecule has 2 heterocycles. The largest absolute Gasteiger partial charge is 0.480 e. The molecule has 1 atom stereocenters. The maximum Gasteiger partial charge on any atom is 0.425 e. The Morgan fingerprint density at radius 3 is 2.48 bits per heavy atom. The number of nitrogens with two attached hydrogens (primary N) is 1. The molecule has 210 valence electrons. The minimum absolute atomic E-state index is 0.0285. The van der Waals surface area contributed by atoms with Crippen LogP contribution < -0.4 is 20.7 Å². The molecule has 3 aromatic carbocycles. The summed E-state index contributed by atoms with van der Waals surface area (Å²) in [4.78, 5) is 14.8. The fourth-order valence-corrected chi connectivity index (χ4v) is 5.12. The van der Waals surface area contributed by atoms with Crippen molar-refractivity contribution in [1.82, 2.24) is 15.5 Å². The van der Waals surface area contributed by atoms with Gasteiger partial charge in [-0.25, -0.2) is 0 Å². The number of amides is 1. The lowest BCUT2D eigenvalue weighted by molar-refractivity contribution is -0.188. The van der Waals surface area contributed by atoms with E-state index >= 15 is 0 Å². The van der Waals surface area contributed by atoms with E-state index in [1.54, 1.807) is 25.2 Å². The maximum absolute atomic E-state index is 13.3. The fourth-order valence-electron chi connectivity index (χ4n) is 5.12. The van der Waals surface area contributed by atoms with Crippen LogP contribution in [-0.4, -0.2) is 53.6 Å². The van der Waals surface area contributed by atoms with Crippen LogP contribution in [0.2, 0.25) is 0 Å². The summed E-state index contributed by atoms with van der Waals surface area (Å²) < 4.78 is 45.3. The average molecular weight is 554 g/mol. The van der Waals surface area contributed by atoms with Crippen molar-refractivity contribution >= 4 is 28.3 Å². The first-order valence-electron chi connectivity index (χ1n) is 12.9. The third kappa shape index (κ3) is 5.16. The monoisotopic (exact) mass is 553 g/mol. The highest BCUT2D eigenvalue weighted by Crippen LogP contribution is 2.40. The summed E-state index contributed by atoms with van der Waals surface area (Å²) >= 11 is 0. The van der Waals surface area contributed by atoms with Gasteiger partial charge in [-0.3, -0.25) is 9.89 Å². The topological polar surface area (TPSA) is 116 Å². The number of nitrogens with one attached hydrogen (secondary N) is 2. The predicted molar refractivity (Wildman–Crippen MR) is 147 cm³/mol. The van der Waals surface area contributed by atoms with Crippen LogP contribution in [0.15, 0.2) is 60.7 Å². The molecule has 0 saturated carbocycles. The number of aromatic amines is 1. The van der Waals surface area contributed by atoms with E-state index in [0.29, 0.717) is 53.8 Å². The van der Waals surface area contributed by atoms with E-state index in [9.17, 15) is 23.1 Å². The summed E-state index contributed by atoms with van der Waals surface area (Å²) in [5.74, 6) is -0.294. The lowest BCUT2D eigenvalue weighted by Gasteiger charge is -2.40. The van der Waals surface area contributed by atoms with E-state index in [2.05, 4.69) is 15.5 Å². The summed E-state index contributed by atoms with van der Waals surface area (Å²) in [6.07, 6.45) is -5.72. The van der Waals surface area contributed by atoms with Crippen molar-refractivity contribution < 1.29 is 27.8 Å². The number of aromatic nitrogens is 2. The minimum Gasteiger partial charge on any atom is -0.480 e. The molecule has 1 aromatic heterocycles. The van der Waals surface area contributed by atoms with Crippen molar-refractivity contribution in [3.63, 3.8) is 0 Å². The van der Waals surface area contributed by atoms with E-state index in [-0.39, 0.29) is 22.9 Å². The smallest absolute Gasteiger partial charge is 0.425 e. The number of carbonyl (C=O) groups is 1. The van der Waals surface area contributed by atoms with Crippen molar-refractivity contribution in [2.45, 2.75) is 37.6 Å². The van der Waals surface area contributed by atoms with Gasteiger partial charge < -0.3 is 25.8 Å². The van der Waals surface area contributed by atoms with Gasteiger partial charge >= 0.3 is 6.18 Å². The van der Waals surface area contributed by atoms with Crippen LogP contribution in [0, 0.1) is 0 Å². The van der Waals surface area contributed by atoms with Gasteiger partial charge in [-0.15, -0.1) is 0 Å². The number of hydrogen-bond donors (Lipinski definition) is 4. The van der Waals surface area contributed by atoms with Crippen molar-refractivity contribution in [3.05, 3.63) is 71.8 Å². The number of halogens is 3. The Morgan fingerprint density at radius 2 is 1.82 bits per heavy atom. The van der Waals surface area contributed by atoms with E-state index < -0.39 is 17.9 Å². The van der Waals surface area contributed by atoms with Crippen LogP contribution in [0.5, 0.6) is 5.75 Å². The van der Waals surface area contributed by atoms with E-state index in [4.69, 9.17) is 10.5 Å². The van der Waals surface area contributed by atoms with Gasteiger partial charge in [-0.05, 0) is 60.7 Å². The summed E-state index contributed by atoms with van der Waals surface area (Å²) in [5, 5.41) is 20.9. The normalized spacial score (nSPS) is 16.1. The number of nitrogen functional groups attached to an aromatic ring is 1. The highest BCUT2D eigenvalue weighted by molar-refractivity contribution is 6.01. The molecule has 0 radical (unpaired) electrons. The number of benzene rings is 3. The first kappa shape index (κ1) is 27.3. The summed E-state index contributed by atoms with van der Waals surface area (Å²) in [6.45, 7) is 1.91. The molecule has 0 spiro atoms. The maximum atomic E-state index is 13.3. The summed E-state index contributed by atoms with van der Waals surface area (Å²) in [5.41, 5.74) is 8.54. The second-order valence-corrected chi connectivity index (χ2v) is 10.0. The van der Waals surface area contributed by atoms with Gasteiger partial charge in [0.05, 0.1) is 27.8 Å². The first-order chi connectivity index (χ1) is 19.0. The van der Waals surface area contributed by atoms with Crippen LogP contribution in [0.4, 0.5) is 24.7 Å². The Balaban J connectivity index is 1.52. The molecule has 8 nitrogen and oxygen atoms in total. The van der Waals surface area contributed by atoms with Crippen molar-refractivity contribution in [1.29, 1.82) is 0 Å². The number of carbonyl (C=O) groups excluding carboxylic acids is 1. The number of aliphatic hydroxyl groups is 1. The molecule has 0 bridgehead atoms. The Kier molecular flexibility index (Phi) is 7.09. The highest BCUT2D eigenvalue weighted by atomic mass is 19.4. The van der Waals surface area contributed by atoms with Gasteiger partial charge in [0.2, 0.25) is 0 Å². The van der Waals surface area contributed by atoms with Crippen molar-refractivity contribution in [2.24, 2.45) is 0 Å². The predicted octanol–water partition coefficient (Wildman–Crippen LogP) is 4.99. The minimum atomic E-state index is -4.57. The molecule has 11 heteroatoms. The Hall–Kier alpha value is -4.25. The van der Waals surface area contributed by atoms with Gasteiger partial charge in [0.1, 0.15) is 5.75 Å². The molecule has 40 heavy (non-hydrogen) atoms. The Labute approximate surface area is 228 Å². The van der Waals surface area contributed by atoms with Crippen LogP contribution in [-0.2, 0) is 5.60 Å². The van der Waals surface area contributed by atoms with E-state index in [1.165, 1.54) is 6.07 Å². The number of H-pyrrole nitrogens is 1. The number of alkyl halides is 3. The molecule has 0 unspecified atom stereocenters. The second-order valence-electron chi connectivity index (χ2n) is 10.0. The number of fused-ring (bicyclic) bond motifs is 1. The number of piperidine rings is 1. The quantitative estimate of drug-likeness (QED) is 0.267. The zero-order valence-electron chi connectivity index (χ0n) is 22.0. The molecule has 1 amide bonds. The van der Waals surface area contributed by atoms with Crippen LogP contribution in [0.3, 0.4) is 0 Å². The summed E-state index contributed by atoms with van der Waals surface area (Å²) in [6, 6.07) is 18.0. The summed E-state index contributed by atoms with van der Waals surface area (Å²) in [7, 11) is 1.55. The fraction of sp³-hybridized carbons (Fsp3) is 0.310. The third-order valence-electron chi connectivity index (χ3n) is 7.46. The molecular weight excluding hydrogens is 523 g/mol. The van der Waals surface area contributed by atoms with Gasteiger partial charge in [-0.1, -0.05) is 36.4 Å². The third-order valence-corrected chi connectivity index (χ3v) is 7.46. The second kappa shape index (κ2) is 10.4. The van der Waals surface area contributed by atoms with Crippen LogP contribution >= 0.6 is 0 Å². The lowest BCUT2D eigenvalue weighted by Crippen LogP contribution is -2.43.